The molecule has 3 aliphatic heterocycles. The zero-order valence-corrected chi connectivity index (χ0v) is 33.2. The lowest BCUT2D eigenvalue weighted by Crippen LogP contribution is -2.41. The highest BCUT2D eigenvalue weighted by atomic mass is 32.2. The molecule has 0 spiro atoms. The predicted molar refractivity (Wildman–Crippen MR) is 214 cm³/mol. The van der Waals surface area contributed by atoms with Crippen molar-refractivity contribution in [1.82, 2.24) is 28.9 Å². The fourth-order valence-corrected chi connectivity index (χ4v) is 9.54. The summed E-state index contributed by atoms with van der Waals surface area (Å²) in [4.78, 5) is 32.2. The van der Waals surface area contributed by atoms with Crippen LogP contribution in [0.5, 0.6) is 5.75 Å². The summed E-state index contributed by atoms with van der Waals surface area (Å²) in [5.74, 6) is 0.336. The van der Waals surface area contributed by atoms with Gasteiger partial charge < -0.3 is 23.8 Å². The Morgan fingerprint density at radius 1 is 0.945 bits per heavy atom. The van der Waals surface area contributed by atoms with E-state index < -0.39 is 21.2 Å². The summed E-state index contributed by atoms with van der Waals surface area (Å²) in [6.07, 6.45) is 11.4. The van der Waals surface area contributed by atoms with Crippen LogP contribution < -0.4 is 9.46 Å². The molecule has 1 N–H and O–H groups in total. The molecule has 13 heteroatoms. The van der Waals surface area contributed by atoms with Crippen LogP contribution >= 0.6 is 0 Å². The molecule has 0 unspecified atom stereocenters. The molecule has 8 rings (SSSR count). The number of nitrogens with zero attached hydrogens (tertiary/aromatic N) is 5. The van der Waals surface area contributed by atoms with Gasteiger partial charge in [-0.15, -0.1) is 0 Å². The summed E-state index contributed by atoms with van der Waals surface area (Å²) in [5.41, 5.74) is 7.82. The van der Waals surface area contributed by atoms with Crippen LogP contribution in [0.3, 0.4) is 0 Å². The number of morpholine rings is 1. The quantitative estimate of drug-likeness (QED) is 0.221. The van der Waals surface area contributed by atoms with Crippen molar-refractivity contribution < 1.29 is 27.5 Å². The monoisotopic (exact) mass is 768 g/mol. The molecule has 2 aromatic carbocycles. The van der Waals surface area contributed by atoms with Crippen molar-refractivity contribution in [3.8, 4) is 17.0 Å². The van der Waals surface area contributed by atoms with E-state index in [1.807, 2.05) is 23.1 Å². The summed E-state index contributed by atoms with van der Waals surface area (Å²) in [7, 11) is -0.0297. The largest absolute Gasteiger partial charge is 0.497 e. The molecule has 1 saturated carbocycles. The van der Waals surface area contributed by atoms with Crippen LogP contribution in [0, 0.1) is 0 Å². The fraction of sp³-hybridized carbons (Fsp3) is 0.500. The van der Waals surface area contributed by atoms with Gasteiger partial charge in [0.1, 0.15) is 5.75 Å². The van der Waals surface area contributed by atoms with Crippen molar-refractivity contribution in [1.29, 1.82) is 0 Å². The van der Waals surface area contributed by atoms with Gasteiger partial charge in [-0.2, -0.15) is 5.10 Å². The molecular formula is C42H52N6O6S. The number of rotatable bonds is 8. The van der Waals surface area contributed by atoms with Gasteiger partial charge >= 0.3 is 0 Å². The number of ether oxygens (including phenoxy) is 2. The average Bonchev–Trinajstić information content (AvgIpc) is 3.72. The smallest absolute Gasteiger partial charge is 0.264 e. The third-order valence-corrected chi connectivity index (χ3v) is 13.8. The second kappa shape index (κ2) is 15.2. The number of sulfonamides is 1. The van der Waals surface area contributed by atoms with Crippen molar-refractivity contribution >= 4 is 44.4 Å². The average molecular weight is 769 g/mol. The summed E-state index contributed by atoms with van der Waals surface area (Å²) in [6, 6.07) is 11.9. The van der Waals surface area contributed by atoms with Gasteiger partial charge in [0.05, 0.1) is 61.3 Å². The maximum Gasteiger partial charge on any atom is 0.264 e. The van der Waals surface area contributed by atoms with E-state index in [9.17, 15) is 18.0 Å². The van der Waals surface area contributed by atoms with E-state index in [0.717, 1.165) is 96.4 Å². The molecule has 4 aromatic rings. The first-order valence-corrected chi connectivity index (χ1v) is 21.3. The van der Waals surface area contributed by atoms with Gasteiger partial charge in [-0.3, -0.25) is 14.3 Å². The van der Waals surface area contributed by atoms with E-state index in [1.54, 1.807) is 33.2 Å². The summed E-state index contributed by atoms with van der Waals surface area (Å²) in [5, 5.41) is 5.29. The molecule has 3 fully saturated rings. The van der Waals surface area contributed by atoms with E-state index >= 15 is 0 Å². The van der Waals surface area contributed by atoms with E-state index in [4.69, 9.17) is 14.6 Å². The number of allylic oxidation sites excluding steroid dienone is 1. The summed E-state index contributed by atoms with van der Waals surface area (Å²) >= 11 is 0. The number of benzene rings is 2. The van der Waals surface area contributed by atoms with E-state index in [1.165, 1.54) is 12.0 Å². The lowest BCUT2D eigenvalue weighted by molar-refractivity contribution is 0.0302. The molecule has 0 atom stereocenters. The first-order chi connectivity index (χ1) is 26.5. The van der Waals surface area contributed by atoms with Gasteiger partial charge in [0.15, 0.2) is 0 Å². The van der Waals surface area contributed by atoms with Gasteiger partial charge in [-0.1, -0.05) is 25.3 Å². The molecule has 12 nitrogen and oxygen atoms in total. The summed E-state index contributed by atoms with van der Waals surface area (Å²) in [6.45, 7) is 7.42. The number of hydrogen-bond donors (Lipinski definition) is 1. The van der Waals surface area contributed by atoms with E-state index in [-0.39, 0.29) is 17.5 Å². The zero-order valence-electron chi connectivity index (χ0n) is 32.3. The van der Waals surface area contributed by atoms with Crippen LogP contribution in [-0.4, -0.2) is 103 Å². The Kier molecular flexibility index (Phi) is 10.4. The van der Waals surface area contributed by atoms with E-state index in [2.05, 4.69) is 44.1 Å². The SMILES string of the molecule is COc1ccc2c(c1)C=C(c1c(C(=O)N3CCOCC3)cnn1C1CCN(C)CC1)Cn1c-2c(C2CCCCC2)c2ccc(C(=O)NS(=O)(=O)C(C)C)cc21. The van der Waals surface area contributed by atoms with Gasteiger partial charge in [-0.05, 0) is 119 Å². The first-order valence-electron chi connectivity index (χ1n) is 19.8. The van der Waals surface area contributed by atoms with Gasteiger partial charge in [0.25, 0.3) is 11.8 Å². The number of piperidine rings is 1. The van der Waals surface area contributed by atoms with E-state index in [0.29, 0.717) is 44.3 Å². The van der Waals surface area contributed by atoms with Crippen LogP contribution in [0.15, 0.2) is 42.6 Å². The zero-order chi connectivity index (χ0) is 38.4. The number of nitrogens with one attached hydrogen (secondary N) is 1. The van der Waals surface area contributed by atoms with Crippen molar-refractivity contribution in [3.63, 3.8) is 0 Å². The molecule has 4 aliphatic rings. The lowest BCUT2D eigenvalue weighted by atomic mass is 9.81. The van der Waals surface area contributed by atoms with Gasteiger partial charge in [0, 0.05) is 35.1 Å². The summed E-state index contributed by atoms with van der Waals surface area (Å²) < 4.78 is 43.7. The Hall–Kier alpha value is -4.46. The standard InChI is InChI=1S/C42H52N6O6S/c1-27(2)55(51,52)44-41(49)29-10-12-35-37(24-29)47-26-31(22-30-23-33(53-4)11-13-34(30)40(47)38(35)28-8-6-5-7-9-28)39-36(42(50)46-18-20-54-21-19-46)25-43-48(39)32-14-16-45(3)17-15-32/h10-13,22-25,27-28,32H,5-9,14-21,26H2,1-4H3,(H,44,49). The number of aromatic nitrogens is 3. The van der Waals surface area contributed by atoms with Gasteiger partial charge in [0.2, 0.25) is 10.0 Å². The normalized spacial score (nSPS) is 18.9. The maximum absolute atomic E-state index is 14.5. The molecule has 2 saturated heterocycles. The molecular weight excluding hydrogens is 717 g/mol. The maximum atomic E-state index is 14.5. The minimum atomic E-state index is -3.84. The third-order valence-electron chi connectivity index (χ3n) is 12.1. The highest BCUT2D eigenvalue weighted by Crippen LogP contribution is 2.48. The second-order valence-electron chi connectivity index (χ2n) is 15.9. The van der Waals surface area contributed by atoms with Gasteiger partial charge in [-0.25, -0.2) is 13.1 Å². The Bertz CT molecular complexity index is 2250. The van der Waals surface area contributed by atoms with Crippen LogP contribution in [0.2, 0.25) is 0 Å². The topological polar surface area (TPSA) is 128 Å². The van der Waals surface area contributed by atoms with Crippen molar-refractivity contribution in [2.75, 3.05) is 53.6 Å². The fourth-order valence-electron chi connectivity index (χ4n) is 8.92. The van der Waals surface area contributed by atoms with Crippen LogP contribution in [-0.2, 0) is 21.3 Å². The Morgan fingerprint density at radius 3 is 2.40 bits per heavy atom. The Labute approximate surface area is 323 Å². The highest BCUT2D eigenvalue weighted by molar-refractivity contribution is 7.90. The van der Waals surface area contributed by atoms with Crippen molar-refractivity contribution in [3.05, 3.63) is 70.5 Å². The molecule has 0 bridgehead atoms. The number of likely N-dealkylation sites (tertiary alicyclic amines) is 1. The van der Waals surface area contributed by atoms with Crippen molar-refractivity contribution in [2.45, 2.75) is 82.5 Å². The molecule has 2 amide bonds. The van der Waals surface area contributed by atoms with Crippen LogP contribution in [0.4, 0.5) is 0 Å². The molecule has 0 radical (unpaired) electrons. The first kappa shape index (κ1) is 37.5. The lowest BCUT2D eigenvalue weighted by Gasteiger charge is -2.31. The Morgan fingerprint density at radius 2 is 1.69 bits per heavy atom. The van der Waals surface area contributed by atoms with Crippen LogP contribution in [0.1, 0.15) is 108 Å². The number of fused-ring (bicyclic) bond motifs is 5. The minimum Gasteiger partial charge on any atom is -0.497 e. The molecule has 292 valence electrons. The Balaban J connectivity index is 1.36. The predicted octanol–water partition coefficient (Wildman–Crippen LogP) is 6.32. The highest BCUT2D eigenvalue weighted by Gasteiger charge is 2.34. The van der Waals surface area contributed by atoms with Crippen LogP contribution in [0.25, 0.3) is 33.8 Å². The number of carbonyl (C=O) groups excluding carboxylic acids is 2. The number of carbonyl (C=O) groups is 2. The minimum absolute atomic E-state index is 0.0562. The molecule has 1 aliphatic carbocycles. The number of methoxy groups -OCH3 is 1. The molecule has 2 aromatic heterocycles. The van der Waals surface area contributed by atoms with Crippen molar-refractivity contribution in [2.24, 2.45) is 0 Å². The second-order valence-corrected chi connectivity index (χ2v) is 18.1. The molecule has 5 heterocycles. The third kappa shape index (κ3) is 7.10. The number of amides is 2. The number of hydrogen-bond acceptors (Lipinski definition) is 8. The molecule has 55 heavy (non-hydrogen) atoms.